The minimum absolute atomic E-state index is 0.102. The maximum atomic E-state index is 13.0. The molecule has 88 heavy (non-hydrogen) atoms. The molecule has 0 aromatic heterocycles. The average Bonchev–Trinajstić information content (AvgIpc) is 3.56. The van der Waals surface area contributed by atoms with Gasteiger partial charge in [0, 0.05) is 25.7 Å². The van der Waals surface area contributed by atoms with Crippen LogP contribution in [0.1, 0.15) is 344 Å². The second kappa shape index (κ2) is 60.0. The van der Waals surface area contributed by atoms with Crippen LogP contribution in [0.15, 0.2) is 0 Å². The zero-order valence-electron chi connectivity index (χ0n) is 57.2. The van der Waals surface area contributed by atoms with Gasteiger partial charge in [0.05, 0.1) is 26.4 Å². The van der Waals surface area contributed by atoms with Gasteiger partial charge in [-0.2, -0.15) is 0 Å². The quantitative estimate of drug-likeness (QED) is 0.0222. The van der Waals surface area contributed by atoms with E-state index in [0.29, 0.717) is 25.7 Å². The van der Waals surface area contributed by atoms with E-state index in [1.165, 1.54) is 148 Å². The predicted octanol–water partition coefficient (Wildman–Crippen LogP) is 19.5. The number of carbonyl (C=O) groups is 4. The normalized spacial score (nSPS) is 14.9. The van der Waals surface area contributed by atoms with Crippen molar-refractivity contribution in [2.24, 2.45) is 17.8 Å². The molecule has 0 aliphatic rings. The highest BCUT2D eigenvalue weighted by Crippen LogP contribution is 2.45. The first-order valence-corrected chi connectivity index (χ1v) is 38.9. The lowest BCUT2D eigenvalue weighted by Crippen LogP contribution is -2.30. The van der Waals surface area contributed by atoms with Gasteiger partial charge in [0.25, 0.3) is 0 Å². The maximum absolute atomic E-state index is 13.0. The van der Waals surface area contributed by atoms with Crippen molar-refractivity contribution in [1.82, 2.24) is 0 Å². The summed E-state index contributed by atoms with van der Waals surface area (Å²) < 4.78 is 68.2. The highest BCUT2D eigenvalue weighted by molar-refractivity contribution is 7.47. The van der Waals surface area contributed by atoms with E-state index in [2.05, 4.69) is 48.5 Å². The van der Waals surface area contributed by atoms with Gasteiger partial charge in [-0.15, -0.1) is 0 Å². The summed E-state index contributed by atoms with van der Waals surface area (Å²) in [6.07, 6.45) is 43.1. The molecule has 0 radical (unpaired) electrons. The summed E-state index contributed by atoms with van der Waals surface area (Å²) in [7, 11) is -9.90. The Kier molecular flexibility index (Phi) is 58.7. The van der Waals surface area contributed by atoms with Crippen molar-refractivity contribution in [3.63, 3.8) is 0 Å². The van der Waals surface area contributed by atoms with Gasteiger partial charge in [0.2, 0.25) is 0 Å². The number of carbonyl (C=O) groups excluding carboxylic acids is 4. The van der Waals surface area contributed by atoms with Crippen molar-refractivity contribution in [3.05, 3.63) is 0 Å². The van der Waals surface area contributed by atoms with Crippen molar-refractivity contribution >= 4 is 39.5 Å². The first-order valence-electron chi connectivity index (χ1n) is 35.9. The molecule has 522 valence electrons. The van der Waals surface area contributed by atoms with Gasteiger partial charge in [-0.25, -0.2) is 9.13 Å². The predicted molar refractivity (Wildman–Crippen MR) is 354 cm³/mol. The van der Waals surface area contributed by atoms with Crippen LogP contribution < -0.4 is 0 Å². The third-order valence-corrected chi connectivity index (χ3v) is 18.5. The lowest BCUT2D eigenvalue weighted by Gasteiger charge is -2.21. The minimum Gasteiger partial charge on any atom is -0.462 e. The number of hydrogen-bond acceptors (Lipinski definition) is 15. The Morgan fingerprint density at radius 1 is 0.330 bits per heavy atom. The third kappa shape index (κ3) is 60.3. The van der Waals surface area contributed by atoms with Crippen LogP contribution in [0.25, 0.3) is 0 Å². The van der Waals surface area contributed by atoms with Crippen LogP contribution in [-0.2, 0) is 65.4 Å². The van der Waals surface area contributed by atoms with Gasteiger partial charge in [0.1, 0.15) is 19.3 Å². The highest BCUT2D eigenvalue weighted by atomic mass is 31.2. The third-order valence-electron chi connectivity index (χ3n) is 16.6. The van der Waals surface area contributed by atoms with Crippen LogP contribution in [0.4, 0.5) is 0 Å². The number of aliphatic hydroxyl groups excluding tert-OH is 1. The van der Waals surface area contributed by atoms with Gasteiger partial charge >= 0.3 is 39.5 Å². The number of phosphoric acid groups is 2. The molecule has 3 N–H and O–H groups in total. The van der Waals surface area contributed by atoms with E-state index in [0.717, 1.165) is 114 Å². The molecule has 0 heterocycles. The van der Waals surface area contributed by atoms with Crippen molar-refractivity contribution in [3.8, 4) is 0 Å². The highest BCUT2D eigenvalue weighted by Gasteiger charge is 2.30. The first-order chi connectivity index (χ1) is 42.3. The van der Waals surface area contributed by atoms with E-state index >= 15 is 0 Å². The number of ether oxygens (including phenoxy) is 4. The second-order valence-corrected chi connectivity index (χ2v) is 28.8. The molecular formula is C69H134O17P2. The number of rotatable bonds is 67. The average molecular weight is 1300 g/mol. The molecule has 0 saturated heterocycles. The number of phosphoric ester groups is 2. The molecule has 0 rings (SSSR count). The van der Waals surface area contributed by atoms with Crippen LogP contribution in [0, 0.1) is 17.8 Å². The Morgan fingerprint density at radius 2 is 0.580 bits per heavy atom. The maximum Gasteiger partial charge on any atom is 0.472 e. The zero-order valence-corrected chi connectivity index (χ0v) is 59.0. The molecule has 0 amide bonds. The van der Waals surface area contributed by atoms with Crippen LogP contribution in [0.2, 0.25) is 0 Å². The summed E-state index contributed by atoms with van der Waals surface area (Å²) in [6, 6.07) is 0. The zero-order chi connectivity index (χ0) is 65.2. The molecule has 0 aromatic carbocycles. The Labute approximate surface area is 537 Å². The summed E-state index contributed by atoms with van der Waals surface area (Å²) in [5.41, 5.74) is 0. The number of hydrogen-bond donors (Lipinski definition) is 3. The Hall–Kier alpha value is -1.94. The Bertz CT molecular complexity index is 1740. The number of esters is 4. The largest absolute Gasteiger partial charge is 0.472 e. The van der Waals surface area contributed by atoms with Gasteiger partial charge in [-0.1, -0.05) is 292 Å². The minimum atomic E-state index is -4.95. The topological polar surface area (TPSA) is 237 Å². The van der Waals surface area contributed by atoms with E-state index in [9.17, 15) is 43.2 Å². The number of unbranched alkanes of at least 4 members (excludes halogenated alkanes) is 33. The number of aliphatic hydroxyl groups is 1. The molecule has 0 aromatic rings. The van der Waals surface area contributed by atoms with E-state index in [-0.39, 0.29) is 25.7 Å². The second-order valence-electron chi connectivity index (χ2n) is 25.9. The molecule has 0 saturated carbocycles. The standard InChI is InChI=1S/C69H134O17P2/c1-8-11-12-13-14-15-16-17-18-19-20-21-24-28-38-45-52-68(73)85-64(56-79-66(71)50-43-36-27-25-22-23-26-33-40-47-60(4)5)58-83-87(75,76)81-54-63(70)55-82-88(77,78)84-59-65(86-69(74)53-46-39-32-30-35-42-49-62(7)10-3)57-80-67(72)51-44-37-31-29-34-41-48-61(6)9-2/h60-65,70H,8-59H2,1-7H3,(H,75,76)(H,77,78)/t61?,62?,63-,64-,65-/m1/s1. The van der Waals surface area contributed by atoms with Crippen LogP contribution >= 0.6 is 15.6 Å². The van der Waals surface area contributed by atoms with Gasteiger partial charge in [0.15, 0.2) is 12.2 Å². The van der Waals surface area contributed by atoms with Crippen LogP contribution in [-0.4, -0.2) is 96.7 Å². The molecule has 0 aliphatic carbocycles. The van der Waals surface area contributed by atoms with Crippen molar-refractivity contribution in [1.29, 1.82) is 0 Å². The van der Waals surface area contributed by atoms with Crippen molar-refractivity contribution < 1.29 is 80.2 Å². The lowest BCUT2D eigenvalue weighted by molar-refractivity contribution is -0.161. The van der Waals surface area contributed by atoms with E-state index < -0.39 is 97.5 Å². The summed E-state index contributed by atoms with van der Waals surface area (Å²) in [4.78, 5) is 72.5. The fourth-order valence-corrected chi connectivity index (χ4v) is 11.9. The van der Waals surface area contributed by atoms with Gasteiger partial charge in [-0.05, 0) is 43.4 Å². The Morgan fingerprint density at radius 3 is 0.864 bits per heavy atom. The summed E-state index contributed by atoms with van der Waals surface area (Å²) >= 11 is 0. The molecule has 19 heteroatoms. The monoisotopic (exact) mass is 1300 g/mol. The van der Waals surface area contributed by atoms with Gasteiger partial charge < -0.3 is 33.8 Å². The first kappa shape index (κ1) is 86.1. The summed E-state index contributed by atoms with van der Waals surface area (Å²) in [6.45, 7) is 11.7. The van der Waals surface area contributed by atoms with Gasteiger partial charge in [-0.3, -0.25) is 37.3 Å². The molecule has 4 unspecified atom stereocenters. The Balaban J connectivity index is 5.25. The summed E-state index contributed by atoms with van der Waals surface area (Å²) in [5.74, 6) is 0.0635. The van der Waals surface area contributed by atoms with Crippen LogP contribution in [0.5, 0.6) is 0 Å². The molecule has 0 bridgehead atoms. The molecule has 0 spiro atoms. The molecule has 0 aliphatic heterocycles. The van der Waals surface area contributed by atoms with Crippen molar-refractivity contribution in [2.45, 2.75) is 362 Å². The van der Waals surface area contributed by atoms with E-state index in [1.807, 2.05) is 0 Å². The SMILES string of the molecule is CCCCCCCCCCCCCCCCCCC(=O)O[C@H](COC(=O)CCCCCCCCCCCC(C)C)COP(=O)(O)OC[C@@H](O)COP(=O)(O)OC[C@@H](COC(=O)CCCCCCCCC(C)CC)OC(=O)CCCCCCCCC(C)CC. The molecule has 7 atom stereocenters. The smallest absolute Gasteiger partial charge is 0.462 e. The molecule has 0 fully saturated rings. The molecule has 17 nitrogen and oxygen atoms in total. The van der Waals surface area contributed by atoms with Crippen molar-refractivity contribution in [2.75, 3.05) is 39.6 Å². The van der Waals surface area contributed by atoms with Crippen LogP contribution in [0.3, 0.4) is 0 Å². The molecular weight excluding hydrogens is 1160 g/mol. The fourth-order valence-electron chi connectivity index (χ4n) is 10.3. The lowest BCUT2D eigenvalue weighted by atomic mass is 10.00. The van der Waals surface area contributed by atoms with E-state index in [1.54, 1.807) is 0 Å². The van der Waals surface area contributed by atoms with E-state index in [4.69, 9.17) is 37.0 Å². The summed E-state index contributed by atoms with van der Waals surface area (Å²) in [5, 5.41) is 10.6. The fraction of sp³-hybridized carbons (Fsp3) is 0.942.